The molecule has 3 rings (SSSR count). The van der Waals surface area contributed by atoms with E-state index in [0.717, 1.165) is 17.7 Å². The maximum Gasteiger partial charge on any atom is 0.234 e. The van der Waals surface area contributed by atoms with Gasteiger partial charge in [-0.3, -0.25) is 14.9 Å². The first-order chi connectivity index (χ1) is 9.13. The smallest absolute Gasteiger partial charge is 0.234 e. The normalized spacial score (nSPS) is 34.6. The lowest BCUT2D eigenvalue weighted by molar-refractivity contribution is -0.140. The van der Waals surface area contributed by atoms with Gasteiger partial charge in [0.1, 0.15) is 0 Å². The highest BCUT2D eigenvalue weighted by Gasteiger charge is 2.54. The number of rotatable bonds is 1. The topological polar surface area (TPSA) is 46.2 Å². The van der Waals surface area contributed by atoms with Crippen LogP contribution in [0.15, 0.2) is 30.3 Å². The number of hydrogen-bond acceptors (Lipinski definition) is 3. The molecule has 1 N–H and O–H groups in total. The maximum atomic E-state index is 12.4. The van der Waals surface area contributed by atoms with E-state index in [1.807, 2.05) is 42.1 Å². The number of hydrogen-bond donors (Lipinski definition) is 1. The number of carbonyl (C=O) groups is 2. The molecular weight excluding hydrogens is 258 g/mol. The van der Waals surface area contributed by atoms with Crippen LogP contribution in [-0.4, -0.2) is 22.8 Å². The molecule has 4 heteroatoms. The molecule has 3 atom stereocenters. The van der Waals surface area contributed by atoms with Crippen LogP contribution < -0.4 is 5.32 Å². The minimum absolute atomic E-state index is 0.119. The Morgan fingerprint density at radius 3 is 2.63 bits per heavy atom. The number of benzene rings is 1. The van der Waals surface area contributed by atoms with Crippen molar-refractivity contribution in [2.75, 3.05) is 5.75 Å². The minimum Gasteiger partial charge on any atom is -0.296 e. The quantitative estimate of drug-likeness (QED) is 0.800. The van der Waals surface area contributed by atoms with Crippen LogP contribution in [0.2, 0.25) is 0 Å². The fourth-order valence-corrected chi connectivity index (χ4v) is 4.97. The molecule has 2 heterocycles. The lowest BCUT2D eigenvalue weighted by atomic mass is 9.64. The third-order valence-electron chi connectivity index (χ3n) is 4.47. The van der Waals surface area contributed by atoms with Crippen LogP contribution in [0.1, 0.15) is 31.2 Å². The van der Waals surface area contributed by atoms with E-state index in [4.69, 9.17) is 0 Å². The molecule has 0 radical (unpaired) electrons. The van der Waals surface area contributed by atoms with Crippen molar-refractivity contribution in [2.24, 2.45) is 5.41 Å². The largest absolute Gasteiger partial charge is 0.296 e. The molecule has 19 heavy (non-hydrogen) atoms. The first kappa shape index (κ1) is 12.7. The molecule has 2 saturated heterocycles. The summed E-state index contributed by atoms with van der Waals surface area (Å²) < 4.78 is 0. The summed E-state index contributed by atoms with van der Waals surface area (Å²) in [6.45, 7) is 2.15. The highest BCUT2D eigenvalue weighted by molar-refractivity contribution is 8.00. The molecule has 2 aliphatic rings. The number of imide groups is 1. The van der Waals surface area contributed by atoms with Gasteiger partial charge in [0.25, 0.3) is 0 Å². The van der Waals surface area contributed by atoms with Gasteiger partial charge in [0, 0.05) is 17.1 Å². The third kappa shape index (κ3) is 1.98. The Hall–Kier alpha value is -1.29. The van der Waals surface area contributed by atoms with Gasteiger partial charge in [0.2, 0.25) is 11.8 Å². The fraction of sp³-hybridized carbons (Fsp3) is 0.467. The first-order valence-corrected chi connectivity index (χ1v) is 7.68. The highest BCUT2D eigenvalue weighted by Crippen LogP contribution is 2.55. The Labute approximate surface area is 117 Å². The van der Waals surface area contributed by atoms with Gasteiger partial charge in [0.05, 0.1) is 5.92 Å². The maximum absolute atomic E-state index is 12.4. The average Bonchev–Trinajstić information content (AvgIpc) is 2.71. The van der Waals surface area contributed by atoms with Crippen LogP contribution in [0.4, 0.5) is 0 Å². The van der Waals surface area contributed by atoms with Crippen molar-refractivity contribution < 1.29 is 9.59 Å². The molecule has 2 amide bonds. The van der Waals surface area contributed by atoms with Crippen LogP contribution in [0.25, 0.3) is 0 Å². The van der Waals surface area contributed by atoms with Gasteiger partial charge in [-0.05, 0) is 17.7 Å². The van der Waals surface area contributed by atoms with Crippen molar-refractivity contribution in [1.82, 2.24) is 5.32 Å². The van der Waals surface area contributed by atoms with Gasteiger partial charge in [0.15, 0.2) is 0 Å². The Morgan fingerprint density at radius 2 is 2.00 bits per heavy atom. The zero-order valence-corrected chi connectivity index (χ0v) is 11.7. The fourth-order valence-electron chi connectivity index (χ4n) is 3.45. The number of nitrogens with one attached hydrogen (secondary N) is 1. The number of carbonyl (C=O) groups excluding carboxylic acids is 2. The van der Waals surface area contributed by atoms with Gasteiger partial charge in [-0.2, -0.15) is 11.8 Å². The molecule has 1 aromatic rings. The minimum atomic E-state index is -0.203. The van der Waals surface area contributed by atoms with Crippen LogP contribution in [0.5, 0.6) is 0 Å². The van der Waals surface area contributed by atoms with Crippen molar-refractivity contribution in [2.45, 2.75) is 30.9 Å². The molecule has 0 bridgehead atoms. The second-order valence-electron chi connectivity index (χ2n) is 5.43. The predicted octanol–water partition coefficient (Wildman–Crippen LogP) is 2.33. The van der Waals surface area contributed by atoms with E-state index in [9.17, 15) is 9.59 Å². The SMILES string of the molecule is CC1SCCC12CC(=O)NC(=O)C2c1ccccc1. The van der Waals surface area contributed by atoms with Gasteiger partial charge < -0.3 is 0 Å². The zero-order valence-electron chi connectivity index (χ0n) is 10.9. The average molecular weight is 275 g/mol. The number of piperidine rings is 1. The van der Waals surface area contributed by atoms with Crippen LogP contribution in [-0.2, 0) is 9.59 Å². The molecule has 2 fully saturated rings. The Bertz CT molecular complexity index is 516. The van der Waals surface area contributed by atoms with Gasteiger partial charge in [-0.15, -0.1) is 0 Å². The summed E-state index contributed by atoms with van der Waals surface area (Å²) in [6.07, 6.45) is 1.41. The number of thioether (sulfide) groups is 1. The van der Waals surface area contributed by atoms with E-state index in [-0.39, 0.29) is 23.1 Å². The molecule has 3 nitrogen and oxygen atoms in total. The summed E-state index contributed by atoms with van der Waals surface area (Å²) >= 11 is 1.87. The lowest BCUT2D eigenvalue weighted by Gasteiger charge is -2.42. The third-order valence-corrected chi connectivity index (χ3v) is 5.88. The van der Waals surface area contributed by atoms with E-state index in [0.29, 0.717) is 11.7 Å². The second kappa shape index (κ2) is 4.67. The van der Waals surface area contributed by atoms with Crippen molar-refractivity contribution in [3.05, 3.63) is 35.9 Å². The predicted molar refractivity (Wildman–Crippen MR) is 75.9 cm³/mol. The monoisotopic (exact) mass is 275 g/mol. The standard InChI is InChI=1S/C15H17NO2S/c1-10-15(7-8-19-10)9-12(17)16-14(18)13(15)11-5-3-2-4-6-11/h2-6,10,13H,7-9H2,1H3,(H,16,17,18). The van der Waals surface area contributed by atoms with Gasteiger partial charge in [-0.25, -0.2) is 0 Å². The summed E-state index contributed by atoms with van der Waals surface area (Å²) in [7, 11) is 0. The molecule has 100 valence electrons. The highest BCUT2D eigenvalue weighted by atomic mass is 32.2. The molecule has 2 aliphatic heterocycles. The summed E-state index contributed by atoms with van der Waals surface area (Å²) in [5.41, 5.74) is 0.827. The van der Waals surface area contributed by atoms with Crippen molar-refractivity contribution >= 4 is 23.6 Å². The van der Waals surface area contributed by atoms with Crippen LogP contribution in [0, 0.1) is 5.41 Å². The molecule has 0 aliphatic carbocycles. The van der Waals surface area contributed by atoms with Gasteiger partial charge in [-0.1, -0.05) is 37.3 Å². The van der Waals surface area contributed by atoms with E-state index in [1.165, 1.54) is 0 Å². The first-order valence-electron chi connectivity index (χ1n) is 6.64. The summed E-state index contributed by atoms with van der Waals surface area (Å²) in [5, 5.41) is 2.85. The molecule has 1 spiro atoms. The number of amides is 2. The van der Waals surface area contributed by atoms with Crippen LogP contribution in [0.3, 0.4) is 0 Å². The Kier molecular flexibility index (Phi) is 3.13. The lowest BCUT2D eigenvalue weighted by Crippen LogP contribution is -2.52. The van der Waals surface area contributed by atoms with E-state index < -0.39 is 0 Å². The van der Waals surface area contributed by atoms with E-state index in [1.54, 1.807) is 0 Å². The van der Waals surface area contributed by atoms with Crippen molar-refractivity contribution in [3.63, 3.8) is 0 Å². The Morgan fingerprint density at radius 1 is 1.26 bits per heavy atom. The molecule has 1 aromatic carbocycles. The molecule has 3 unspecified atom stereocenters. The van der Waals surface area contributed by atoms with Crippen LogP contribution >= 0.6 is 11.8 Å². The van der Waals surface area contributed by atoms with E-state index in [2.05, 4.69) is 12.2 Å². The van der Waals surface area contributed by atoms with Gasteiger partial charge >= 0.3 is 0 Å². The summed E-state index contributed by atoms with van der Waals surface area (Å²) in [6, 6.07) is 9.86. The second-order valence-corrected chi connectivity index (χ2v) is 6.88. The zero-order chi connectivity index (χ0) is 13.5. The molecule has 0 aromatic heterocycles. The molecular formula is C15H17NO2S. The summed E-state index contributed by atoms with van der Waals surface area (Å²) in [4.78, 5) is 24.2. The summed E-state index contributed by atoms with van der Waals surface area (Å²) in [5.74, 6) is 0.588. The Balaban J connectivity index is 2.07. The van der Waals surface area contributed by atoms with Crippen molar-refractivity contribution in [3.8, 4) is 0 Å². The van der Waals surface area contributed by atoms with E-state index >= 15 is 0 Å². The van der Waals surface area contributed by atoms with Crippen molar-refractivity contribution in [1.29, 1.82) is 0 Å². The molecule has 0 saturated carbocycles.